The number of halogens is 2. The number of carbonyl (C=O) groups excluding carboxylic acids is 2. The average molecular weight is 321 g/mol. The van der Waals surface area contributed by atoms with Crippen molar-refractivity contribution in [3.8, 4) is 0 Å². The zero-order valence-electron chi connectivity index (χ0n) is 10.7. The van der Waals surface area contributed by atoms with E-state index in [4.69, 9.17) is 23.2 Å². The highest BCUT2D eigenvalue weighted by Gasteiger charge is 2.19. The number of amides is 2. The fourth-order valence-corrected chi connectivity index (χ4v) is 2.45. The smallest absolute Gasteiger partial charge is 0.255 e. The molecule has 6 heteroatoms. The first-order valence-corrected chi connectivity index (χ1v) is 6.98. The van der Waals surface area contributed by atoms with Crippen LogP contribution in [0.5, 0.6) is 0 Å². The van der Waals surface area contributed by atoms with Gasteiger partial charge in [-0.05, 0) is 42.0 Å². The van der Waals surface area contributed by atoms with E-state index in [2.05, 4.69) is 10.6 Å². The first-order chi connectivity index (χ1) is 10.0. The molecule has 21 heavy (non-hydrogen) atoms. The van der Waals surface area contributed by atoms with Crippen molar-refractivity contribution in [2.75, 3.05) is 10.6 Å². The van der Waals surface area contributed by atoms with Gasteiger partial charge in [0.1, 0.15) is 0 Å². The van der Waals surface area contributed by atoms with E-state index in [0.29, 0.717) is 27.7 Å². The van der Waals surface area contributed by atoms with E-state index in [-0.39, 0.29) is 11.8 Å². The van der Waals surface area contributed by atoms with Gasteiger partial charge in [0.15, 0.2) is 0 Å². The number of hydrogen-bond acceptors (Lipinski definition) is 2. The van der Waals surface area contributed by atoms with Gasteiger partial charge in [0.2, 0.25) is 5.91 Å². The van der Waals surface area contributed by atoms with Crippen LogP contribution in [0.3, 0.4) is 0 Å². The van der Waals surface area contributed by atoms with Crippen molar-refractivity contribution >= 4 is 46.4 Å². The van der Waals surface area contributed by atoms with E-state index in [9.17, 15) is 9.59 Å². The van der Waals surface area contributed by atoms with Crippen molar-refractivity contribution in [2.24, 2.45) is 0 Å². The summed E-state index contributed by atoms with van der Waals surface area (Å²) in [7, 11) is 0. The second-order valence-corrected chi connectivity index (χ2v) is 5.49. The molecule has 0 spiro atoms. The molecule has 106 valence electrons. The van der Waals surface area contributed by atoms with Gasteiger partial charge in [0.25, 0.3) is 5.91 Å². The van der Waals surface area contributed by atoms with E-state index < -0.39 is 0 Å². The summed E-state index contributed by atoms with van der Waals surface area (Å²) in [5, 5.41) is 6.27. The maximum Gasteiger partial charge on any atom is 0.255 e. The molecule has 0 unspecified atom stereocenters. The lowest BCUT2D eigenvalue weighted by molar-refractivity contribution is -0.115. The van der Waals surface area contributed by atoms with E-state index in [0.717, 1.165) is 11.3 Å². The lowest BCUT2D eigenvalue weighted by Gasteiger charge is -2.07. The van der Waals surface area contributed by atoms with E-state index >= 15 is 0 Å². The maximum absolute atomic E-state index is 12.2. The van der Waals surface area contributed by atoms with Gasteiger partial charge in [0.05, 0.1) is 16.5 Å². The molecule has 0 aromatic heterocycles. The van der Waals surface area contributed by atoms with Gasteiger partial charge >= 0.3 is 0 Å². The molecule has 0 radical (unpaired) electrons. The maximum atomic E-state index is 12.2. The van der Waals surface area contributed by atoms with Gasteiger partial charge in [-0.15, -0.1) is 0 Å². The molecule has 2 aromatic carbocycles. The fraction of sp³-hybridized carbons (Fsp3) is 0.0667. The van der Waals surface area contributed by atoms with Gasteiger partial charge < -0.3 is 10.6 Å². The van der Waals surface area contributed by atoms with E-state index in [1.165, 1.54) is 0 Å². The third kappa shape index (κ3) is 2.86. The molecule has 1 aliphatic heterocycles. The molecule has 2 N–H and O–H groups in total. The summed E-state index contributed by atoms with van der Waals surface area (Å²) < 4.78 is 0. The number of carbonyl (C=O) groups is 2. The molecule has 0 fully saturated rings. The van der Waals surface area contributed by atoms with Crippen molar-refractivity contribution < 1.29 is 9.59 Å². The normalized spacial score (nSPS) is 12.8. The van der Waals surface area contributed by atoms with Crippen LogP contribution in [0.2, 0.25) is 10.0 Å². The second kappa shape index (κ2) is 5.39. The summed E-state index contributed by atoms with van der Waals surface area (Å²) in [6.45, 7) is 0. The molecule has 1 aliphatic rings. The van der Waals surface area contributed by atoms with Crippen molar-refractivity contribution in [1.29, 1.82) is 0 Å². The van der Waals surface area contributed by atoms with Crippen LogP contribution in [0, 0.1) is 0 Å². The monoisotopic (exact) mass is 320 g/mol. The molecule has 4 nitrogen and oxygen atoms in total. The molecule has 0 saturated carbocycles. The van der Waals surface area contributed by atoms with Crippen LogP contribution in [-0.4, -0.2) is 11.8 Å². The number of fused-ring (bicyclic) bond motifs is 1. The highest BCUT2D eigenvalue weighted by Crippen LogP contribution is 2.26. The predicted molar refractivity (Wildman–Crippen MR) is 83.2 cm³/mol. The minimum Gasteiger partial charge on any atom is -0.326 e. The lowest BCUT2D eigenvalue weighted by atomic mass is 10.1. The molecule has 0 saturated heterocycles. The average Bonchev–Trinajstić information content (AvgIpc) is 2.82. The predicted octanol–water partition coefficient (Wildman–Crippen LogP) is 3.74. The minimum absolute atomic E-state index is 0.0629. The number of rotatable bonds is 2. The Bertz CT molecular complexity index is 759. The molecule has 2 amide bonds. The standard InChI is InChI=1S/C15H10Cl2N2O2/c16-11-3-2-10(7-12(11)17)18-15(21)8-1-4-13-9(5-8)6-14(20)19-13/h1-5,7H,6H2,(H,18,21)(H,19,20). The Morgan fingerprint density at radius 3 is 2.67 bits per heavy atom. The SMILES string of the molecule is O=C1Cc2cc(C(=O)Nc3ccc(Cl)c(Cl)c3)ccc2N1. The van der Waals surface area contributed by atoms with Crippen LogP contribution in [0.1, 0.15) is 15.9 Å². The molecular formula is C15H10Cl2N2O2. The largest absolute Gasteiger partial charge is 0.326 e. The van der Waals surface area contributed by atoms with E-state index in [1.54, 1.807) is 36.4 Å². The molecule has 0 atom stereocenters. The van der Waals surface area contributed by atoms with Gasteiger partial charge in [-0.1, -0.05) is 23.2 Å². The highest BCUT2D eigenvalue weighted by atomic mass is 35.5. The first kappa shape index (κ1) is 13.9. The Labute approximate surface area is 131 Å². The van der Waals surface area contributed by atoms with Gasteiger partial charge in [-0.25, -0.2) is 0 Å². The Morgan fingerprint density at radius 2 is 1.90 bits per heavy atom. The van der Waals surface area contributed by atoms with E-state index in [1.807, 2.05) is 0 Å². The Kier molecular flexibility index (Phi) is 3.57. The quantitative estimate of drug-likeness (QED) is 0.885. The van der Waals surface area contributed by atoms with Gasteiger partial charge in [-0.3, -0.25) is 9.59 Å². The summed E-state index contributed by atoms with van der Waals surface area (Å²) in [5.74, 6) is -0.331. The van der Waals surface area contributed by atoms with Crippen LogP contribution >= 0.6 is 23.2 Å². The van der Waals surface area contributed by atoms with Gasteiger partial charge in [-0.2, -0.15) is 0 Å². The van der Waals surface area contributed by atoms with Crippen LogP contribution in [0.4, 0.5) is 11.4 Å². The Hall–Kier alpha value is -2.04. The minimum atomic E-state index is -0.268. The fourth-order valence-electron chi connectivity index (χ4n) is 2.15. The molecule has 3 rings (SSSR count). The lowest BCUT2D eigenvalue weighted by Crippen LogP contribution is -2.12. The molecule has 1 heterocycles. The molecular weight excluding hydrogens is 311 g/mol. The number of benzene rings is 2. The van der Waals surface area contributed by atoms with Crippen molar-refractivity contribution in [3.63, 3.8) is 0 Å². The zero-order valence-corrected chi connectivity index (χ0v) is 12.3. The second-order valence-electron chi connectivity index (χ2n) is 4.68. The van der Waals surface area contributed by atoms with Crippen LogP contribution in [-0.2, 0) is 11.2 Å². The van der Waals surface area contributed by atoms with Crippen molar-refractivity contribution in [2.45, 2.75) is 6.42 Å². The highest BCUT2D eigenvalue weighted by molar-refractivity contribution is 6.42. The van der Waals surface area contributed by atoms with Gasteiger partial charge in [0, 0.05) is 16.9 Å². The van der Waals surface area contributed by atoms with Crippen molar-refractivity contribution in [3.05, 3.63) is 57.6 Å². The summed E-state index contributed by atoms with van der Waals surface area (Å²) in [6, 6.07) is 9.97. The first-order valence-electron chi connectivity index (χ1n) is 6.22. The third-order valence-electron chi connectivity index (χ3n) is 3.17. The van der Waals surface area contributed by atoms with Crippen LogP contribution < -0.4 is 10.6 Å². The number of anilines is 2. The summed E-state index contributed by atoms with van der Waals surface area (Å²) in [6.07, 6.45) is 0.295. The van der Waals surface area contributed by atoms with Crippen LogP contribution in [0.15, 0.2) is 36.4 Å². The summed E-state index contributed by atoms with van der Waals surface area (Å²) in [4.78, 5) is 23.5. The summed E-state index contributed by atoms with van der Waals surface area (Å²) in [5.41, 5.74) is 2.62. The van der Waals surface area contributed by atoms with Crippen LogP contribution in [0.25, 0.3) is 0 Å². The molecule has 2 aromatic rings. The molecule has 0 bridgehead atoms. The summed E-state index contributed by atoms with van der Waals surface area (Å²) >= 11 is 11.7. The third-order valence-corrected chi connectivity index (χ3v) is 3.91. The zero-order chi connectivity index (χ0) is 15.0. The number of nitrogens with one attached hydrogen (secondary N) is 2. The Morgan fingerprint density at radius 1 is 1.10 bits per heavy atom. The molecule has 0 aliphatic carbocycles. The topological polar surface area (TPSA) is 58.2 Å². The number of hydrogen-bond donors (Lipinski definition) is 2. The Balaban J connectivity index is 1.81. The van der Waals surface area contributed by atoms with Crippen molar-refractivity contribution in [1.82, 2.24) is 0 Å².